The number of nitrogen functional groups attached to an aromatic ring is 1. The van der Waals surface area contributed by atoms with E-state index in [1.807, 2.05) is 0 Å². The predicted molar refractivity (Wildman–Crippen MR) is 80.3 cm³/mol. The average molecular weight is 347 g/mol. The van der Waals surface area contributed by atoms with E-state index >= 15 is 0 Å². The van der Waals surface area contributed by atoms with Gasteiger partial charge in [0.25, 0.3) is 0 Å². The second kappa shape index (κ2) is 5.81. The van der Waals surface area contributed by atoms with Crippen LogP contribution in [0.5, 0.6) is 0 Å². The monoisotopic (exact) mass is 346 g/mol. The summed E-state index contributed by atoms with van der Waals surface area (Å²) in [5.41, 5.74) is 6.20. The van der Waals surface area contributed by atoms with E-state index in [1.54, 1.807) is 12.1 Å². The zero-order valence-electron chi connectivity index (χ0n) is 10.9. The molecule has 0 aliphatic heterocycles. The van der Waals surface area contributed by atoms with Crippen molar-refractivity contribution in [3.63, 3.8) is 0 Å². The summed E-state index contributed by atoms with van der Waals surface area (Å²) in [5, 5.41) is 0. The van der Waals surface area contributed by atoms with Crippen LogP contribution in [0.3, 0.4) is 0 Å². The quantitative estimate of drug-likeness (QED) is 0.826. The third kappa shape index (κ3) is 3.70. The maximum Gasteiger partial charge on any atom is 0.240 e. The van der Waals surface area contributed by atoms with Gasteiger partial charge in [0.1, 0.15) is 0 Å². The SMILES string of the molecule is CC1CCC(NS(=O)(=O)c2ccc(N)c(Br)c2)CC1. The molecule has 0 saturated heterocycles. The van der Waals surface area contributed by atoms with Gasteiger partial charge in [-0.05, 0) is 65.7 Å². The molecule has 0 aromatic heterocycles. The smallest absolute Gasteiger partial charge is 0.240 e. The molecule has 6 heteroatoms. The molecular weight excluding hydrogens is 328 g/mol. The maximum atomic E-state index is 12.3. The largest absolute Gasteiger partial charge is 0.398 e. The van der Waals surface area contributed by atoms with Crippen LogP contribution < -0.4 is 10.5 Å². The van der Waals surface area contributed by atoms with Crippen LogP contribution in [0.4, 0.5) is 5.69 Å². The Kier molecular flexibility index (Phi) is 4.53. The molecule has 106 valence electrons. The van der Waals surface area contributed by atoms with Crippen molar-refractivity contribution in [1.82, 2.24) is 4.72 Å². The molecule has 0 bridgehead atoms. The van der Waals surface area contributed by atoms with Crippen LogP contribution in [0.2, 0.25) is 0 Å². The zero-order chi connectivity index (χ0) is 14.0. The maximum absolute atomic E-state index is 12.3. The number of benzene rings is 1. The number of nitrogens with two attached hydrogens (primary N) is 1. The van der Waals surface area contributed by atoms with Gasteiger partial charge in [-0.1, -0.05) is 6.92 Å². The zero-order valence-corrected chi connectivity index (χ0v) is 13.3. The van der Waals surface area contributed by atoms with Gasteiger partial charge in [0, 0.05) is 16.2 Å². The molecule has 0 radical (unpaired) electrons. The number of anilines is 1. The summed E-state index contributed by atoms with van der Waals surface area (Å²) in [6.07, 6.45) is 3.99. The van der Waals surface area contributed by atoms with Crippen molar-refractivity contribution in [2.24, 2.45) is 5.92 Å². The van der Waals surface area contributed by atoms with Gasteiger partial charge in [-0.3, -0.25) is 0 Å². The number of sulfonamides is 1. The van der Waals surface area contributed by atoms with Crippen LogP contribution in [0.15, 0.2) is 27.6 Å². The molecule has 1 aromatic rings. The average Bonchev–Trinajstić information content (AvgIpc) is 2.35. The Hall–Kier alpha value is -0.590. The van der Waals surface area contributed by atoms with Crippen LogP contribution in [-0.4, -0.2) is 14.5 Å². The molecule has 0 heterocycles. The first-order chi connectivity index (χ1) is 8.88. The molecule has 19 heavy (non-hydrogen) atoms. The summed E-state index contributed by atoms with van der Waals surface area (Å²) < 4.78 is 27.9. The highest BCUT2D eigenvalue weighted by atomic mass is 79.9. The molecule has 4 nitrogen and oxygen atoms in total. The molecular formula is C13H19BrN2O2S. The first kappa shape index (κ1) is 14.8. The first-order valence-corrected chi connectivity index (χ1v) is 8.73. The van der Waals surface area contributed by atoms with Gasteiger partial charge in [-0.15, -0.1) is 0 Å². The Morgan fingerprint density at radius 2 is 1.89 bits per heavy atom. The van der Waals surface area contributed by atoms with E-state index in [0.29, 0.717) is 16.1 Å². The third-order valence-corrected chi connectivity index (χ3v) is 5.82. The number of nitrogens with one attached hydrogen (secondary N) is 1. The Bertz CT molecular complexity index is 552. The molecule has 1 aliphatic carbocycles. The van der Waals surface area contributed by atoms with Crippen molar-refractivity contribution >= 4 is 31.6 Å². The number of halogens is 1. The fourth-order valence-corrected chi connectivity index (χ4v) is 4.20. The van der Waals surface area contributed by atoms with Crippen LogP contribution in [0.1, 0.15) is 32.6 Å². The number of hydrogen-bond donors (Lipinski definition) is 2. The van der Waals surface area contributed by atoms with Crippen molar-refractivity contribution in [2.75, 3.05) is 5.73 Å². The van der Waals surface area contributed by atoms with Gasteiger partial charge < -0.3 is 5.73 Å². The molecule has 2 rings (SSSR count). The fraction of sp³-hybridized carbons (Fsp3) is 0.538. The Labute approximate surface area is 122 Å². The topological polar surface area (TPSA) is 72.2 Å². The van der Waals surface area contributed by atoms with Gasteiger partial charge in [-0.25, -0.2) is 13.1 Å². The van der Waals surface area contributed by atoms with Crippen LogP contribution in [0.25, 0.3) is 0 Å². The summed E-state index contributed by atoms with van der Waals surface area (Å²) >= 11 is 3.25. The molecule has 0 atom stereocenters. The van der Waals surface area contributed by atoms with Gasteiger partial charge in [0.15, 0.2) is 0 Å². The summed E-state index contributed by atoms with van der Waals surface area (Å²) in [7, 11) is -3.45. The third-order valence-electron chi connectivity index (χ3n) is 3.62. The lowest BCUT2D eigenvalue weighted by Crippen LogP contribution is -2.37. The lowest BCUT2D eigenvalue weighted by atomic mass is 9.88. The highest BCUT2D eigenvalue weighted by molar-refractivity contribution is 9.10. The minimum absolute atomic E-state index is 0.0533. The molecule has 1 aliphatic rings. The van der Waals surface area contributed by atoms with Gasteiger partial charge in [0.05, 0.1) is 4.90 Å². The van der Waals surface area contributed by atoms with Crippen LogP contribution >= 0.6 is 15.9 Å². The summed E-state index contributed by atoms with van der Waals surface area (Å²) in [6, 6.07) is 4.73. The molecule has 1 fully saturated rings. The van der Waals surface area contributed by atoms with Crippen LogP contribution in [-0.2, 0) is 10.0 Å². The second-order valence-corrected chi connectivity index (χ2v) is 7.83. The Morgan fingerprint density at radius 3 is 2.47 bits per heavy atom. The van der Waals surface area contributed by atoms with E-state index in [0.717, 1.165) is 25.7 Å². The highest BCUT2D eigenvalue weighted by Crippen LogP contribution is 2.26. The van der Waals surface area contributed by atoms with Gasteiger partial charge >= 0.3 is 0 Å². The van der Waals surface area contributed by atoms with Crippen LogP contribution in [0, 0.1) is 5.92 Å². The van der Waals surface area contributed by atoms with Gasteiger partial charge in [0.2, 0.25) is 10.0 Å². The van der Waals surface area contributed by atoms with Crippen molar-refractivity contribution in [2.45, 2.75) is 43.5 Å². The lowest BCUT2D eigenvalue weighted by molar-refractivity contribution is 0.332. The van der Waals surface area contributed by atoms with E-state index in [4.69, 9.17) is 5.73 Å². The molecule has 1 saturated carbocycles. The molecule has 0 spiro atoms. The minimum Gasteiger partial charge on any atom is -0.398 e. The lowest BCUT2D eigenvalue weighted by Gasteiger charge is -2.26. The minimum atomic E-state index is -3.45. The van der Waals surface area contributed by atoms with Gasteiger partial charge in [-0.2, -0.15) is 0 Å². The second-order valence-electron chi connectivity index (χ2n) is 5.26. The van der Waals surface area contributed by atoms with Crippen molar-refractivity contribution in [3.05, 3.63) is 22.7 Å². The van der Waals surface area contributed by atoms with Crippen molar-refractivity contribution < 1.29 is 8.42 Å². The number of hydrogen-bond acceptors (Lipinski definition) is 3. The highest BCUT2D eigenvalue weighted by Gasteiger charge is 2.24. The summed E-state index contributed by atoms with van der Waals surface area (Å²) in [6.45, 7) is 2.21. The molecule has 0 unspecified atom stereocenters. The fourth-order valence-electron chi connectivity index (χ4n) is 2.34. The Balaban J connectivity index is 2.11. The molecule has 3 N–H and O–H groups in total. The van der Waals surface area contributed by atoms with E-state index < -0.39 is 10.0 Å². The standard InChI is InChI=1S/C13H19BrN2O2S/c1-9-2-4-10(5-3-9)16-19(17,18)11-6-7-13(15)12(14)8-11/h6-10,16H,2-5,15H2,1H3. The molecule has 1 aromatic carbocycles. The first-order valence-electron chi connectivity index (χ1n) is 6.46. The molecule has 0 amide bonds. The summed E-state index contributed by atoms with van der Waals surface area (Å²) in [4.78, 5) is 0.257. The van der Waals surface area contributed by atoms with Crippen molar-refractivity contribution in [1.29, 1.82) is 0 Å². The number of rotatable bonds is 3. The Morgan fingerprint density at radius 1 is 1.26 bits per heavy atom. The normalized spacial score (nSPS) is 24.3. The predicted octanol–water partition coefficient (Wildman–Crippen LogP) is 2.89. The van der Waals surface area contributed by atoms with E-state index in [2.05, 4.69) is 27.6 Å². The van der Waals surface area contributed by atoms with Crippen molar-refractivity contribution in [3.8, 4) is 0 Å². The van der Waals surface area contributed by atoms with E-state index in [-0.39, 0.29) is 10.9 Å². The van der Waals surface area contributed by atoms with E-state index in [1.165, 1.54) is 6.07 Å². The van der Waals surface area contributed by atoms with E-state index in [9.17, 15) is 8.42 Å². The summed E-state index contributed by atoms with van der Waals surface area (Å²) in [5.74, 6) is 0.700.